The minimum Gasteiger partial charge on any atom is -0.493 e. The maximum Gasteiger partial charge on any atom is 0.417 e. The van der Waals surface area contributed by atoms with E-state index in [0.29, 0.717) is 28.1 Å². The van der Waals surface area contributed by atoms with Crippen LogP contribution in [0.5, 0.6) is 17.2 Å². The van der Waals surface area contributed by atoms with Gasteiger partial charge in [-0.1, -0.05) is 0 Å². The molecule has 1 aromatic heterocycles. The van der Waals surface area contributed by atoms with Crippen LogP contribution in [0, 0.1) is 11.3 Å². The van der Waals surface area contributed by atoms with Crippen molar-refractivity contribution in [2.24, 2.45) is 0 Å². The Balaban J connectivity index is 1.75. The third-order valence-electron chi connectivity index (χ3n) is 4.50. The summed E-state index contributed by atoms with van der Waals surface area (Å²) in [6, 6.07) is 8.24. The van der Waals surface area contributed by atoms with Gasteiger partial charge in [0.1, 0.15) is 17.0 Å². The Morgan fingerprint density at radius 3 is 2.47 bits per heavy atom. The molecule has 16 heteroatoms. The van der Waals surface area contributed by atoms with E-state index in [1.807, 2.05) is 4.72 Å². The lowest BCUT2D eigenvalue weighted by Crippen LogP contribution is -2.25. The number of ether oxygens (including phenoxy) is 2. The van der Waals surface area contributed by atoms with Crippen molar-refractivity contribution in [3.8, 4) is 33.9 Å². The molecule has 0 spiro atoms. The zero-order chi connectivity index (χ0) is 26.7. The minimum atomic E-state index is -4.91. The van der Waals surface area contributed by atoms with E-state index in [1.54, 1.807) is 18.2 Å². The van der Waals surface area contributed by atoms with Crippen molar-refractivity contribution in [3.63, 3.8) is 0 Å². The molecule has 10 nitrogen and oxygen atoms in total. The molecule has 2 aromatic carbocycles. The van der Waals surface area contributed by atoms with Gasteiger partial charge in [-0.3, -0.25) is 0 Å². The van der Waals surface area contributed by atoms with Crippen molar-refractivity contribution in [1.82, 2.24) is 9.71 Å². The van der Waals surface area contributed by atoms with Gasteiger partial charge in [0.15, 0.2) is 15.7 Å². The molecule has 0 saturated heterocycles. The van der Waals surface area contributed by atoms with Crippen LogP contribution in [-0.2, 0) is 20.8 Å². The molecule has 0 fully saturated rings. The average Bonchev–Trinajstić information content (AvgIpc) is 3.33. The van der Waals surface area contributed by atoms with Gasteiger partial charge in [-0.05, 0) is 36.4 Å². The molecule has 0 aliphatic carbocycles. The molecule has 1 heterocycles. The van der Waals surface area contributed by atoms with Gasteiger partial charge in [0.25, 0.3) is 10.0 Å². The highest BCUT2D eigenvalue weighted by atomic mass is 32.2. The molecular formula is C20H17F3N3O7PS2. The summed E-state index contributed by atoms with van der Waals surface area (Å²) in [7, 11) is -6.23. The van der Waals surface area contributed by atoms with Crippen molar-refractivity contribution in [2.75, 3.05) is 20.5 Å². The normalized spacial score (nSPS) is 13.5. The highest BCUT2D eigenvalue weighted by Gasteiger charge is 2.35. The second kappa shape index (κ2) is 10.5. The number of nitriles is 1. The third kappa shape index (κ3) is 6.34. The zero-order valence-electron chi connectivity index (χ0n) is 18.4. The van der Waals surface area contributed by atoms with Crippen LogP contribution in [0.2, 0.25) is 0 Å². The molecule has 0 radical (unpaired) electrons. The number of thiazole rings is 1. The number of halogens is 3. The number of nitrogens with zero attached hydrogens (tertiary/aromatic N) is 2. The van der Waals surface area contributed by atoms with Crippen LogP contribution < -0.4 is 18.7 Å². The van der Waals surface area contributed by atoms with E-state index in [9.17, 15) is 31.0 Å². The lowest BCUT2D eigenvalue weighted by molar-refractivity contribution is -0.137. The van der Waals surface area contributed by atoms with Gasteiger partial charge in [-0.15, -0.1) is 11.3 Å². The maximum atomic E-state index is 13.1. The number of methoxy groups -OCH3 is 2. The van der Waals surface area contributed by atoms with Gasteiger partial charge in [-0.25, -0.2) is 18.0 Å². The van der Waals surface area contributed by atoms with Crippen LogP contribution in [0.3, 0.4) is 0 Å². The molecular weight excluding hydrogens is 546 g/mol. The predicted molar refractivity (Wildman–Crippen MR) is 122 cm³/mol. The second-order valence-electron chi connectivity index (χ2n) is 6.91. The lowest BCUT2D eigenvalue weighted by atomic mass is 10.1. The molecule has 0 bridgehead atoms. The predicted octanol–water partition coefficient (Wildman–Crippen LogP) is 4.22. The first-order valence-electron chi connectivity index (χ1n) is 9.60. The molecule has 1 unspecified atom stereocenters. The Bertz CT molecular complexity index is 1470. The van der Waals surface area contributed by atoms with E-state index < -0.39 is 47.0 Å². The quantitative estimate of drug-likeness (QED) is 0.365. The number of sulfonamides is 1. The van der Waals surface area contributed by atoms with E-state index in [-0.39, 0.29) is 4.21 Å². The van der Waals surface area contributed by atoms with Crippen molar-refractivity contribution >= 4 is 29.0 Å². The van der Waals surface area contributed by atoms with E-state index in [4.69, 9.17) is 19.3 Å². The first-order chi connectivity index (χ1) is 16.8. The average molecular weight is 563 g/mol. The summed E-state index contributed by atoms with van der Waals surface area (Å²) in [6.45, 7) is 0. The largest absolute Gasteiger partial charge is 0.493 e. The van der Waals surface area contributed by atoms with Gasteiger partial charge in [-0.2, -0.15) is 23.2 Å². The summed E-state index contributed by atoms with van der Waals surface area (Å²) in [5.41, 5.74) is -1.55. The van der Waals surface area contributed by atoms with Crippen LogP contribution in [0.4, 0.5) is 13.2 Å². The van der Waals surface area contributed by atoms with E-state index in [0.717, 1.165) is 29.7 Å². The number of alkyl halides is 3. The number of aromatic nitrogens is 1. The summed E-state index contributed by atoms with van der Waals surface area (Å²) in [5, 5.41) is 9.13. The van der Waals surface area contributed by atoms with Crippen LogP contribution in [0.25, 0.3) is 10.6 Å². The lowest BCUT2D eigenvalue weighted by Gasteiger charge is -2.16. The molecule has 3 aromatic rings. The van der Waals surface area contributed by atoms with Gasteiger partial charge in [0, 0.05) is 5.56 Å². The van der Waals surface area contributed by atoms with E-state index in [1.165, 1.54) is 20.3 Å². The topological polar surface area (TPSA) is 148 Å². The summed E-state index contributed by atoms with van der Waals surface area (Å²) in [4.78, 5) is 14.1. The van der Waals surface area contributed by atoms with Crippen molar-refractivity contribution < 1.29 is 45.0 Å². The Labute approximate surface area is 207 Å². The second-order valence-corrected chi connectivity index (χ2v) is 11.7. The molecule has 0 amide bonds. The van der Waals surface area contributed by atoms with Crippen LogP contribution >= 0.6 is 18.9 Å². The standard InChI is InChI=1S/C20H17F3N3O7PS2/c1-31-16-6-4-12(7-17(16)32-2)19-25-10-18(35-19)36(29,30)26-11-34(27,28)33-14-5-3-13(9-24)15(8-14)20(21,22)23/h3-8,10,26H,11H2,1-2H3,(H,27,28). The fraction of sp³-hybridized carbons (Fsp3) is 0.200. The molecule has 3 rings (SSSR count). The Kier molecular flexibility index (Phi) is 7.97. The Morgan fingerprint density at radius 1 is 1.17 bits per heavy atom. The molecule has 0 aliphatic rings. The van der Waals surface area contributed by atoms with Gasteiger partial charge in [0.2, 0.25) is 0 Å². The molecule has 1 atom stereocenters. The van der Waals surface area contributed by atoms with Crippen molar-refractivity contribution in [2.45, 2.75) is 10.4 Å². The fourth-order valence-corrected chi connectivity index (χ4v) is 6.51. The highest BCUT2D eigenvalue weighted by Crippen LogP contribution is 2.44. The SMILES string of the molecule is COc1ccc(-c2ncc(S(=O)(=O)NCP(=O)(O)Oc3ccc(C#N)c(C(F)(F)F)c3)s2)cc1OC. The summed E-state index contributed by atoms with van der Waals surface area (Å²) < 4.78 is 93.6. The fourth-order valence-electron chi connectivity index (χ4n) is 2.83. The molecule has 0 saturated carbocycles. The molecule has 2 N–H and O–H groups in total. The Hall–Kier alpha value is -3.15. The summed E-state index contributed by atoms with van der Waals surface area (Å²) >= 11 is 0.763. The van der Waals surface area contributed by atoms with E-state index >= 15 is 0 Å². The summed E-state index contributed by atoms with van der Waals surface area (Å²) in [6.07, 6.45) is -5.01. The van der Waals surface area contributed by atoms with Gasteiger partial charge >= 0.3 is 13.8 Å². The highest BCUT2D eigenvalue weighted by molar-refractivity contribution is 7.92. The van der Waals surface area contributed by atoms with Crippen molar-refractivity contribution in [3.05, 3.63) is 53.7 Å². The first kappa shape index (κ1) is 27.4. The number of benzene rings is 2. The monoisotopic (exact) mass is 563 g/mol. The minimum absolute atomic E-state index is 0.287. The number of nitrogens with one attached hydrogen (secondary N) is 1. The maximum absolute atomic E-state index is 13.1. The van der Waals surface area contributed by atoms with Crippen LogP contribution in [0.15, 0.2) is 46.8 Å². The third-order valence-corrected chi connectivity index (χ3v) is 8.68. The van der Waals surface area contributed by atoms with Gasteiger partial charge < -0.3 is 18.9 Å². The smallest absolute Gasteiger partial charge is 0.417 e. The zero-order valence-corrected chi connectivity index (χ0v) is 21.0. The molecule has 0 aliphatic heterocycles. The Morgan fingerprint density at radius 2 is 1.86 bits per heavy atom. The van der Waals surface area contributed by atoms with E-state index in [2.05, 4.69) is 4.98 Å². The van der Waals surface area contributed by atoms with Crippen LogP contribution in [-0.4, -0.2) is 38.8 Å². The molecule has 192 valence electrons. The molecule has 36 heavy (non-hydrogen) atoms. The van der Waals surface area contributed by atoms with Gasteiger partial charge in [0.05, 0.1) is 37.6 Å². The summed E-state index contributed by atoms with van der Waals surface area (Å²) in [5.74, 6) is 0.179. The van der Waals surface area contributed by atoms with Crippen LogP contribution in [0.1, 0.15) is 11.1 Å². The number of hydrogen-bond acceptors (Lipinski definition) is 9. The number of hydrogen-bond donors (Lipinski definition) is 2. The first-order valence-corrected chi connectivity index (χ1v) is 13.7. The van der Waals surface area contributed by atoms with Crippen molar-refractivity contribution in [1.29, 1.82) is 5.26 Å². The number of rotatable bonds is 9.